The van der Waals surface area contributed by atoms with Gasteiger partial charge in [0.1, 0.15) is 0 Å². The maximum absolute atomic E-state index is 13.5. The summed E-state index contributed by atoms with van der Waals surface area (Å²) in [4.78, 5) is 46.4. The van der Waals surface area contributed by atoms with Gasteiger partial charge in [0, 0.05) is 57.0 Å². The first-order chi connectivity index (χ1) is 17.4. The van der Waals surface area contributed by atoms with E-state index in [2.05, 4.69) is 9.52 Å². The summed E-state index contributed by atoms with van der Waals surface area (Å²) in [6, 6.07) is 7.74. The Hall–Kier alpha value is -1.91. The second-order valence-electron chi connectivity index (χ2n) is 10.7. The number of carbonyl (C=O) groups is 2. The second-order valence-corrected chi connectivity index (χ2v) is 11.9. The zero-order chi connectivity index (χ0) is 26.8. The summed E-state index contributed by atoms with van der Waals surface area (Å²) >= 11 is 0. The number of piperidine rings is 1. The highest BCUT2D eigenvalue weighted by Gasteiger charge is 2.41. The highest BCUT2D eigenvalue weighted by molar-refractivity contribution is 7.46. The maximum Gasteiger partial charge on any atom is 0.491 e. The summed E-state index contributed by atoms with van der Waals surface area (Å²) in [5.74, 6) is -2.94. The van der Waals surface area contributed by atoms with Crippen molar-refractivity contribution in [3.8, 4) is 0 Å². The largest absolute Gasteiger partial charge is 0.491 e. The molecule has 37 heavy (non-hydrogen) atoms. The molecule has 2 heterocycles. The third kappa shape index (κ3) is 7.57. The van der Waals surface area contributed by atoms with Gasteiger partial charge in [-0.3, -0.25) is 14.5 Å². The molecule has 12 heteroatoms. The Kier molecular flexibility index (Phi) is 8.70. The zero-order valence-electron chi connectivity index (χ0n) is 21.0. The highest BCUT2D eigenvalue weighted by atomic mass is 31.2. The normalized spacial score (nSPS) is 26.1. The van der Waals surface area contributed by atoms with Crippen LogP contribution in [-0.2, 0) is 14.0 Å². The number of nitrogens with one attached hydrogen (secondary N) is 1. The molecule has 0 aromatic heterocycles. The molecular formula is C25H36F2N3O6P. The SMILES string of the molecule is CC(=O)N(CCN1[C@@H]2CC[C@H]1CC(c1cccc(C(=O)NOP(=O)(O)O)c1)C2)CC1CCC(F)(F)CC1. The predicted octanol–water partition coefficient (Wildman–Crippen LogP) is 3.83. The second kappa shape index (κ2) is 11.5. The van der Waals surface area contributed by atoms with Crippen LogP contribution in [0.5, 0.6) is 0 Å². The zero-order valence-corrected chi connectivity index (χ0v) is 21.9. The van der Waals surface area contributed by atoms with Gasteiger partial charge in [-0.05, 0) is 68.1 Å². The molecular weight excluding hydrogens is 507 g/mol. The molecule has 2 saturated heterocycles. The molecule has 1 aromatic rings. The van der Waals surface area contributed by atoms with Gasteiger partial charge in [-0.2, -0.15) is 4.62 Å². The number of carbonyl (C=O) groups excluding carboxylic acids is 2. The topological polar surface area (TPSA) is 119 Å². The minimum Gasteiger partial charge on any atom is -0.341 e. The molecule has 2 aliphatic heterocycles. The van der Waals surface area contributed by atoms with Crippen molar-refractivity contribution < 1.29 is 37.3 Å². The van der Waals surface area contributed by atoms with Crippen LogP contribution in [0.4, 0.5) is 8.78 Å². The van der Waals surface area contributed by atoms with Gasteiger partial charge in [-0.1, -0.05) is 12.1 Å². The fourth-order valence-corrected chi connectivity index (χ4v) is 6.41. The Balaban J connectivity index is 1.32. The van der Waals surface area contributed by atoms with Crippen molar-refractivity contribution in [1.82, 2.24) is 15.3 Å². The lowest BCUT2D eigenvalue weighted by atomic mass is 9.84. The fourth-order valence-electron chi connectivity index (χ4n) is 6.21. The molecule has 206 valence electrons. The lowest BCUT2D eigenvalue weighted by Crippen LogP contribution is -2.47. The fraction of sp³-hybridized carbons (Fsp3) is 0.680. The van der Waals surface area contributed by atoms with Gasteiger partial charge in [-0.15, -0.1) is 0 Å². The van der Waals surface area contributed by atoms with Gasteiger partial charge in [-0.25, -0.2) is 18.8 Å². The lowest BCUT2D eigenvalue weighted by Gasteiger charge is -2.40. The van der Waals surface area contributed by atoms with Gasteiger partial charge in [0.15, 0.2) is 0 Å². The van der Waals surface area contributed by atoms with Crippen LogP contribution in [0.3, 0.4) is 0 Å². The Bertz CT molecular complexity index is 1010. The number of benzene rings is 1. The van der Waals surface area contributed by atoms with Gasteiger partial charge in [0.05, 0.1) is 0 Å². The van der Waals surface area contributed by atoms with Crippen molar-refractivity contribution >= 4 is 19.6 Å². The summed E-state index contributed by atoms with van der Waals surface area (Å²) in [6.07, 6.45) is 4.67. The van der Waals surface area contributed by atoms with E-state index in [1.54, 1.807) is 30.6 Å². The van der Waals surface area contributed by atoms with Crippen LogP contribution >= 0.6 is 7.82 Å². The number of phosphoric acid groups is 1. The van der Waals surface area contributed by atoms with Crippen LogP contribution in [0.15, 0.2) is 24.3 Å². The van der Waals surface area contributed by atoms with E-state index in [4.69, 9.17) is 9.79 Å². The smallest absolute Gasteiger partial charge is 0.341 e. The van der Waals surface area contributed by atoms with E-state index in [1.807, 2.05) is 11.0 Å². The van der Waals surface area contributed by atoms with E-state index >= 15 is 0 Å². The Labute approximate surface area is 215 Å². The molecule has 1 aromatic carbocycles. The Morgan fingerprint density at radius 3 is 2.41 bits per heavy atom. The monoisotopic (exact) mass is 543 g/mol. The molecule has 9 nitrogen and oxygen atoms in total. The summed E-state index contributed by atoms with van der Waals surface area (Å²) in [7, 11) is -4.82. The van der Waals surface area contributed by atoms with Crippen molar-refractivity contribution in [2.45, 2.75) is 82.2 Å². The standard InChI is InChI=1S/C25H36F2N3O6P/c1-17(31)29(16-18-7-9-25(26,27)10-8-18)11-12-30-22-5-6-23(30)15-21(14-22)19-3-2-4-20(13-19)24(32)28-36-37(33,34)35/h2-4,13,18,21-23H,5-12,14-16H2,1H3,(H,28,32)(H2,33,34,35)/t21?,22-,23+. The first-order valence-electron chi connectivity index (χ1n) is 12.9. The van der Waals surface area contributed by atoms with Gasteiger partial charge < -0.3 is 14.7 Å². The van der Waals surface area contributed by atoms with E-state index in [9.17, 15) is 22.9 Å². The van der Waals surface area contributed by atoms with Crippen LogP contribution in [0.1, 0.15) is 80.1 Å². The van der Waals surface area contributed by atoms with E-state index in [0.717, 1.165) is 37.8 Å². The minimum atomic E-state index is -4.82. The van der Waals surface area contributed by atoms with Crippen molar-refractivity contribution in [2.24, 2.45) is 5.92 Å². The van der Waals surface area contributed by atoms with E-state index in [0.29, 0.717) is 38.0 Å². The van der Waals surface area contributed by atoms with E-state index < -0.39 is 19.7 Å². The predicted molar refractivity (Wildman–Crippen MR) is 132 cm³/mol. The molecule has 4 rings (SSSR count). The molecule has 3 fully saturated rings. The van der Waals surface area contributed by atoms with E-state index in [-0.39, 0.29) is 36.1 Å². The molecule has 0 radical (unpaired) electrons. The van der Waals surface area contributed by atoms with Gasteiger partial charge in [0.25, 0.3) is 5.91 Å². The number of alkyl halides is 2. The number of hydroxylamine groups is 1. The summed E-state index contributed by atoms with van der Waals surface area (Å²) < 4.78 is 42.0. The van der Waals surface area contributed by atoms with Crippen molar-refractivity contribution in [2.75, 3.05) is 19.6 Å². The van der Waals surface area contributed by atoms with Crippen LogP contribution < -0.4 is 5.48 Å². The molecule has 0 spiro atoms. The summed E-state index contributed by atoms with van der Waals surface area (Å²) in [5, 5.41) is 0. The van der Waals surface area contributed by atoms with Crippen molar-refractivity contribution in [3.63, 3.8) is 0 Å². The molecule has 2 amide bonds. The molecule has 1 saturated carbocycles. The molecule has 2 bridgehead atoms. The summed E-state index contributed by atoms with van der Waals surface area (Å²) in [6.45, 7) is 3.44. The first-order valence-corrected chi connectivity index (χ1v) is 14.5. The number of hydrogen-bond acceptors (Lipinski definition) is 5. The molecule has 1 unspecified atom stereocenters. The summed E-state index contributed by atoms with van der Waals surface area (Å²) in [5.41, 5.74) is 3.06. The molecule has 3 N–H and O–H groups in total. The molecule has 3 atom stereocenters. The molecule has 1 aliphatic carbocycles. The first kappa shape index (κ1) is 28.1. The van der Waals surface area contributed by atoms with Crippen molar-refractivity contribution in [1.29, 1.82) is 0 Å². The Morgan fingerprint density at radius 2 is 1.81 bits per heavy atom. The molecule has 3 aliphatic rings. The minimum absolute atomic E-state index is 0.0163. The quantitative estimate of drug-likeness (QED) is 0.320. The van der Waals surface area contributed by atoms with Gasteiger partial charge >= 0.3 is 7.82 Å². The van der Waals surface area contributed by atoms with Crippen molar-refractivity contribution in [3.05, 3.63) is 35.4 Å². The third-order valence-corrected chi connectivity index (χ3v) is 8.48. The number of hydrogen-bond donors (Lipinski definition) is 3. The average molecular weight is 544 g/mol. The number of halogens is 2. The maximum atomic E-state index is 13.5. The van der Waals surface area contributed by atoms with Gasteiger partial charge in [0.2, 0.25) is 11.8 Å². The van der Waals surface area contributed by atoms with Crippen LogP contribution in [-0.4, -0.2) is 69.0 Å². The third-order valence-electron chi connectivity index (χ3n) is 8.15. The highest BCUT2D eigenvalue weighted by Crippen LogP contribution is 2.43. The van der Waals surface area contributed by atoms with Crippen LogP contribution in [0, 0.1) is 5.92 Å². The Morgan fingerprint density at radius 1 is 1.16 bits per heavy atom. The van der Waals surface area contributed by atoms with E-state index in [1.165, 1.54) is 0 Å². The van der Waals surface area contributed by atoms with Crippen LogP contribution in [0.2, 0.25) is 0 Å². The number of fused-ring (bicyclic) bond motifs is 2. The lowest BCUT2D eigenvalue weighted by molar-refractivity contribution is -0.130. The number of rotatable bonds is 9. The number of nitrogens with zero attached hydrogens (tertiary/aromatic N) is 2. The van der Waals surface area contributed by atoms with Crippen LogP contribution in [0.25, 0.3) is 0 Å². The average Bonchev–Trinajstić information content (AvgIpc) is 3.07. The number of amides is 2.